The highest BCUT2D eigenvalue weighted by atomic mass is 32.1. The van der Waals surface area contributed by atoms with E-state index in [1.54, 1.807) is 6.07 Å². The minimum atomic E-state index is -4.36. The zero-order chi connectivity index (χ0) is 19.3. The molecule has 1 N–H and O–H groups in total. The number of nitrogens with one attached hydrogen (secondary N) is 1. The third-order valence-corrected chi connectivity index (χ3v) is 5.55. The first kappa shape index (κ1) is 20.4. The van der Waals surface area contributed by atoms with Gasteiger partial charge < -0.3 is 15.0 Å². The smallest absolute Gasteiger partial charge is 0.379 e. The van der Waals surface area contributed by atoms with Gasteiger partial charge in [-0.2, -0.15) is 13.2 Å². The second-order valence-corrected chi connectivity index (χ2v) is 7.48. The summed E-state index contributed by atoms with van der Waals surface area (Å²) >= 11 is 5.54. The van der Waals surface area contributed by atoms with Crippen LogP contribution in [0.4, 0.5) is 18.9 Å². The number of anilines is 1. The van der Waals surface area contributed by atoms with Gasteiger partial charge in [0, 0.05) is 37.9 Å². The van der Waals surface area contributed by atoms with Crippen LogP contribution in [0.3, 0.4) is 0 Å². The van der Waals surface area contributed by atoms with Gasteiger partial charge in [-0.05, 0) is 56.1 Å². The molecule has 8 heteroatoms. The monoisotopic (exact) mass is 401 g/mol. The zero-order valence-electron chi connectivity index (χ0n) is 15.3. The van der Waals surface area contributed by atoms with Crippen molar-refractivity contribution >= 4 is 23.0 Å². The molecule has 2 saturated heterocycles. The molecule has 0 aliphatic carbocycles. The molecule has 0 amide bonds. The average Bonchev–Trinajstić information content (AvgIpc) is 2.67. The summed E-state index contributed by atoms with van der Waals surface area (Å²) in [5, 5.41) is 3.53. The van der Waals surface area contributed by atoms with E-state index in [-0.39, 0.29) is 0 Å². The molecule has 0 radical (unpaired) electrons. The Morgan fingerprint density at radius 3 is 2.70 bits per heavy atom. The molecule has 2 aliphatic rings. The van der Waals surface area contributed by atoms with Crippen LogP contribution in [0, 0.1) is 0 Å². The minimum absolute atomic E-state index is 0.326. The molecule has 0 unspecified atom stereocenters. The predicted octanol–water partition coefficient (Wildman–Crippen LogP) is 3.98. The van der Waals surface area contributed by atoms with E-state index in [1.165, 1.54) is 6.07 Å². The molecule has 1 aromatic carbocycles. The Balaban J connectivity index is 1.59. The number of benzene rings is 1. The summed E-state index contributed by atoms with van der Waals surface area (Å²) in [7, 11) is 0. The number of hydrogen-bond acceptors (Lipinski definition) is 3. The third-order valence-electron chi connectivity index (χ3n) is 5.21. The number of nitrogens with zero attached hydrogens (tertiary/aromatic N) is 2. The molecule has 2 aliphatic heterocycles. The first-order chi connectivity index (χ1) is 12.9. The number of ether oxygens (including phenoxy) is 1. The fourth-order valence-corrected chi connectivity index (χ4v) is 4.05. The van der Waals surface area contributed by atoms with Crippen molar-refractivity contribution in [3.63, 3.8) is 0 Å². The molecule has 2 fully saturated rings. The van der Waals surface area contributed by atoms with Gasteiger partial charge in [0.15, 0.2) is 5.11 Å². The number of hydrogen-bond donors (Lipinski definition) is 1. The maximum atomic E-state index is 12.9. The van der Waals surface area contributed by atoms with E-state index in [1.807, 2.05) is 0 Å². The van der Waals surface area contributed by atoms with Gasteiger partial charge in [-0.1, -0.05) is 6.07 Å². The minimum Gasteiger partial charge on any atom is -0.379 e. The van der Waals surface area contributed by atoms with E-state index in [2.05, 4.69) is 15.1 Å². The molecule has 3 rings (SSSR count). The number of likely N-dealkylation sites (tertiary alicyclic amines) is 1. The molecular formula is C19H26F3N3OS. The standard InChI is InChI=1S/C19H26F3N3OS/c20-19(21,22)15-4-3-5-16(14-15)23-18(27)25-8-2-1-6-17(25)7-9-24-10-12-26-13-11-24/h3-5,14,17H,1-2,6-13H2,(H,23,27)/t17-/m1/s1. The van der Waals surface area contributed by atoms with Gasteiger partial charge in [0.25, 0.3) is 0 Å². The lowest BCUT2D eigenvalue weighted by Crippen LogP contribution is -2.47. The normalized spacial score (nSPS) is 21.9. The Morgan fingerprint density at radius 2 is 1.96 bits per heavy atom. The molecule has 0 bridgehead atoms. The molecular weight excluding hydrogens is 375 g/mol. The summed E-state index contributed by atoms with van der Waals surface area (Å²) in [5.74, 6) is 0. The van der Waals surface area contributed by atoms with Crippen LogP contribution in [0.1, 0.15) is 31.2 Å². The maximum absolute atomic E-state index is 12.9. The molecule has 0 spiro atoms. The number of thiocarbonyl (C=S) groups is 1. The average molecular weight is 401 g/mol. The fourth-order valence-electron chi connectivity index (χ4n) is 3.69. The van der Waals surface area contributed by atoms with Crippen molar-refractivity contribution in [2.24, 2.45) is 0 Å². The lowest BCUT2D eigenvalue weighted by atomic mass is 9.99. The number of rotatable bonds is 4. The van der Waals surface area contributed by atoms with Crippen LogP contribution in [0.2, 0.25) is 0 Å². The van der Waals surface area contributed by atoms with Crippen LogP contribution in [-0.4, -0.2) is 60.3 Å². The number of alkyl halides is 3. The Hall–Kier alpha value is -1.38. The number of halogens is 3. The van der Waals surface area contributed by atoms with Crippen LogP contribution >= 0.6 is 12.2 Å². The molecule has 1 atom stereocenters. The Morgan fingerprint density at radius 1 is 1.19 bits per heavy atom. The second-order valence-electron chi connectivity index (χ2n) is 7.09. The third kappa shape index (κ3) is 5.80. The van der Waals surface area contributed by atoms with E-state index < -0.39 is 11.7 Å². The number of piperidine rings is 1. The maximum Gasteiger partial charge on any atom is 0.416 e. The highest BCUT2D eigenvalue weighted by molar-refractivity contribution is 7.80. The summed E-state index contributed by atoms with van der Waals surface area (Å²) in [6, 6.07) is 5.53. The summed E-state index contributed by atoms with van der Waals surface area (Å²) in [5.41, 5.74) is -0.287. The van der Waals surface area contributed by atoms with Gasteiger partial charge in [-0.25, -0.2) is 0 Å². The van der Waals surface area contributed by atoms with Crippen LogP contribution in [0.15, 0.2) is 24.3 Å². The van der Waals surface area contributed by atoms with Crippen LogP contribution < -0.4 is 5.32 Å². The molecule has 4 nitrogen and oxygen atoms in total. The first-order valence-electron chi connectivity index (χ1n) is 9.48. The molecule has 2 heterocycles. The Kier molecular flexibility index (Phi) is 6.94. The second kappa shape index (κ2) is 9.21. The van der Waals surface area contributed by atoms with Crippen LogP contribution in [-0.2, 0) is 10.9 Å². The largest absolute Gasteiger partial charge is 0.416 e. The topological polar surface area (TPSA) is 27.7 Å². The van der Waals surface area contributed by atoms with Gasteiger partial charge >= 0.3 is 6.18 Å². The summed E-state index contributed by atoms with van der Waals surface area (Å²) in [6.45, 7) is 5.32. The first-order valence-corrected chi connectivity index (χ1v) is 9.89. The van der Waals surface area contributed by atoms with Crippen molar-refractivity contribution in [3.8, 4) is 0 Å². The number of morpholine rings is 1. The van der Waals surface area contributed by atoms with Crippen LogP contribution in [0.25, 0.3) is 0 Å². The van der Waals surface area contributed by atoms with Gasteiger partial charge in [0.2, 0.25) is 0 Å². The summed E-state index contributed by atoms with van der Waals surface area (Å²) in [6.07, 6.45) is -0.0702. The lowest BCUT2D eigenvalue weighted by Gasteiger charge is -2.39. The van der Waals surface area contributed by atoms with Gasteiger partial charge in [0.1, 0.15) is 0 Å². The van der Waals surface area contributed by atoms with Crippen LogP contribution in [0.5, 0.6) is 0 Å². The Bertz CT molecular complexity index is 635. The lowest BCUT2D eigenvalue weighted by molar-refractivity contribution is -0.137. The molecule has 1 aromatic rings. The van der Waals surface area contributed by atoms with E-state index in [9.17, 15) is 13.2 Å². The molecule has 150 valence electrons. The van der Waals surface area contributed by atoms with Crippen molar-refractivity contribution in [3.05, 3.63) is 29.8 Å². The van der Waals surface area contributed by atoms with Gasteiger partial charge in [-0.3, -0.25) is 4.90 Å². The summed E-state index contributed by atoms with van der Waals surface area (Å²) < 4.78 is 44.1. The van der Waals surface area contributed by atoms with E-state index in [0.29, 0.717) is 16.8 Å². The summed E-state index contributed by atoms with van der Waals surface area (Å²) in [4.78, 5) is 4.55. The highest BCUT2D eigenvalue weighted by Gasteiger charge is 2.31. The van der Waals surface area contributed by atoms with Crippen molar-refractivity contribution in [1.82, 2.24) is 9.80 Å². The molecule has 27 heavy (non-hydrogen) atoms. The van der Waals surface area contributed by atoms with E-state index >= 15 is 0 Å². The predicted molar refractivity (Wildman–Crippen MR) is 104 cm³/mol. The Labute approximate surface area is 163 Å². The zero-order valence-corrected chi connectivity index (χ0v) is 16.1. The quantitative estimate of drug-likeness (QED) is 0.771. The van der Waals surface area contributed by atoms with Crippen molar-refractivity contribution in [2.45, 2.75) is 37.9 Å². The van der Waals surface area contributed by atoms with E-state index in [4.69, 9.17) is 17.0 Å². The molecule has 0 saturated carbocycles. The molecule has 0 aromatic heterocycles. The van der Waals surface area contributed by atoms with Gasteiger partial charge in [0.05, 0.1) is 18.8 Å². The van der Waals surface area contributed by atoms with Crippen molar-refractivity contribution < 1.29 is 17.9 Å². The van der Waals surface area contributed by atoms with Gasteiger partial charge in [-0.15, -0.1) is 0 Å². The van der Waals surface area contributed by atoms with Crippen molar-refractivity contribution in [2.75, 3.05) is 44.7 Å². The van der Waals surface area contributed by atoms with E-state index in [0.717, 1.165) is 77.2 Å². The van der Waals surface area contributed by atoms with Crippen molar-refractivity contribution in [1.29, 1.82) is 0 Å². The fraction of sp³-hybridized carbons (Fsp3) is 0.632. The highest BCUT2D eigenvalue weighted by Crippen LogP contribution is 2.31. The SMILES string of the molecule is FC(F)(F)c1cccc(NC(=S)N2CCCC[C@@H]2CCN2CCOCC2)c1.